The highest BCUT2D eigenvalue weighted by Gasteiger charge is 2.35. The van der Waals surface area contributed by atoms with E-state index < -0.39 is 49.5 Å². The second-order valence-electron chi connectivity index (χ2n) is 5.51. The zero-order chi connectivity index (χ0) is 20.6. The van der Waals surface area contributed by atoms with Crippen LogP contribution >= 0.6 is 0 Å². The molecule has 0 radical (unpaired) electrons. The fraction of sp³-hybridized carbons (Fsp3) is 0.250. The molecule has 0 spiro atoms. The number of sulfone groups is 1. The molecular weight excluding hydrogens is 392 g/mol. The van der Waals surface area contributed by atoms with E-state index in [1.54, 1.807) is 0 Å². The molecule has 2 aromatic rings. The molecule has 0 aliphatic heterocycles. The maximum Gasteiger partial charge on any atom is 0.416 e. The van der Waals surface area contributed by atoms with E-state index in [0.717, 1.165) is 30.1 Å². The SMILES string of the molecule is CCS(=O)(=O)c1cc(C(F)(F)F)ccc1C(=O)N(C)c1ccc(F)c[n+]1[O-]. The van der Waals surface area contributed by atoms with Gasteiger partial charge in [-0.3, -0.25) is 0 Å². The van der Waals surface area contributed by atoms with Gasteiger partial charge in [-0.15, -0.1) is 0 Å². The van der Waals surface area contributed by atoms with Gasteiger partial charge in [0.25, 0.3) is 5.82 Å². The van der Waals surface area contributed by atoms with E-state index in [1.807, 2.05) is 0 Å². The van der Waals surface area contributed by atoms with Crippen LogP contribution in [0.5, 0.6) is 0 Å². The van der Waals surface area contributed by atoms with Crippen LogP contribution in [0.3, 0.4) is 0 Å². The quantitative estimate of drug-likeness (QED) is 0.444. The molecular formula is C16H14F4N2O4S. The molecule has 27 heavy (non-hydrogen) atoms. The third-order valence-electron chi connectivity index (χ3n) is 3.76. The molecule has 0 aliphatic carbocycles. The molecule has 6 nitrogen and oxygen atoms in total. The third-order valence-corrected chi connectivity index (χ3v) is 5.53. The van der Waals surface area contributed by atoms with Crippen molar-refractivity contribution in [2.24, 2.45) is 0 Å². The van der Waals surface area contributed by atoms with Crippen molar-refractivity contribution in [1.29, 1.82) is 0 Å². The Morgan fingerprint density at radius 3 is 2.37 bits per heavy atom. The Hall–Kier alpha value is -2.69. The van der Waals surface area contributed by atoms with Gasteiger partial charge >= 0.3 is 12.1 Å². The standard InChI is InChI=1S/C16H14F4N2O4S/c1-3-27(25,26)13-8-10(16(18,19)20)4-6-12(13)15(23)21(2)14-7-5-11(17)9-22(14)24/h4-9H,3H2,1-2H3. The first kappa shape index (κ1) is 20.6. The molecule has 0 saturated carbocycles. The van der Waals surface area contributed by atoms with Gasteiger partial charge in [-0.1, -0.05) is 6.92 Å². The molecule has 146 valence electrons. The van der Waals surface area contributed by atoms with Crippen molar-refractivity contribution in [3.8, 4) is 0 Å². The number of benzene rings is 1. The number of anilines is 1. The summed E-state index contributed by atoms with van der Waals surface area (Å²) in [6, 6.07) is 3.59. The van der Waals surface area contributed by atoms with Gasteiger partial charge in [0.1, 0.15) is 6.20 Å². The van der Waals surface area contributed by atoms with Gasteiger partial charge in [-0.2, -0.15) is 18.1 Å². The number of carbonyl (C=O) groups is 1. The number of hydrogen-bond donors (Lipinski definition) is 0. The molecule has 0 aliphatic rings. The number of hydrogen-bond acceptors (Lipinski definition) is 4. The first-order chi connectivity index (χ1) is 12.4. The molecule has 0 bridgehead atoms. The number of halogens is 4. The topological polar surface area (TPSA) is 81.4 Å². The van der Waals surface area contributed by atoms with Crippen LogP contribution < -0.4 is 9.63 Å². The molecule has 1 heterocycles. The van der Waals surface area contributed by atoms with Crippen molar-refractivity contribution in [2.75, 3.05) is 17.7 Å². The Labute approximate surface area is 152 Å². The van der Waals surface area contributed by atoms with Crippen LogP contribution in [0.25, 0.3) is 0 Å². The van der Waals surface area contributed by atoms with Crippen molar-refractivity contribution in [3.63, 3.8) is 0 Å². The van der Waals surface area contributed by atoms with Crippen LogP contribution in [0.2, 0.25) is 0 Å². The monoisotopic (exact) mass is 406 g/mol. The first-order valence-electron chi connectivity index (χ1n) is 7.49. The largest absolute Gasteiger partial charge is 0.711 e. The molecule has 0 N–H and O–H groups in total. The summed E-state index contributed by atoms with van der Waals surface area (Å²) in [5.41, 5.74) is -1.76. The Morgan fingerprint density at radius 1 is 1.22 bits per heavy atom. The Bertz CT molecular complexity index is 990. The summed E-state index contributed by atoms with van der Waals surface area (Å²) in [5, 5.41) is 11.8. The van der Waals surface area contributed by atoms with Crippen molar-refractivity contribution >= 4 is 21.6 Å². The predicted octanol–water partition coefficient (Wildman–Crippen LogP) is 2.55. The van der Waals surface area contributed by atoms with Crippen LogP contribution in [0.4, 0.5) is 23.4 Å². The van der Waals surface area contributed by atoms with Gasteiger partial charge in [0, 0.05) is 6.07 Å². The highest BCUT2D eigenvalue weighted by molar-refractivity contribution is 7.91. The summed E-state index contributed by atoms with van der Waals surface area (Å²) >= 11 is 0. The van der Waals surface area contributed by atoms with Gasteiger partial charge in [-0.05, 0) is 24.3 Å². The highest BCUT2D eigenvalue weighted by atomic mass is 32.2. The second-order valence-corrected chi connectivity index (χ2v) is 7.75. The summed E-state index contributed by atoms with van der Waals surface area (Å²) in [6.45, 7) is 1.22. The normalized spacial score (nSPS) is 12.1. The smallest absolute Gasteiger partial charge is 0.416 e. The predicted molar refractivity (Wildman–Crippen MR) is 87.3 cm³/mol. The maximum atomic E-state index is 13.0. The van der Waals surface area contributed by atoms with Crippen molar-refractivity contribution < 1.29 is 35.5 Å². The molecule has 1 aromatic carbocycles. The Balaban J connectivity index is 2.61. The zero-order valence-corrected chi connectivity index (χ0v) is 14.9. The maximum absolute atomic E-state index is 13.0. The number of aromatic nitrogens is 1. The fourth-order valence-corrected chi connectivity index (χ4v) is 3.39. The van der Waals surface area contributed by atoms with E-state index in [-0.39, 0.29) is 10.5 Å². The molecule has 1 aromatic heterocycles. The van der Waals surface area contributed by atoms with Crippen LogP contribution in [0.1, 0.15) is 22.8 Å². The number of nitrogens with zero attached hydrogens (tertiary/aromatic N) is 2. The van der Waals surface area contributed by atoms with Gasteiger partial charge < -0.3 is 5.21 Å². The van der Waals surface area contributed by atoms with E-state index >= 15 is 0 Å². The average Bonchev–Trinajstić information content (AvgIpc) is 2.59. The number of carbonyl (C=O) groups excluding carboxylic acids is 1. The second kappa shape index (κ2) is 7.14. The lowest BCUT2D eigenvalue weighted by Gasteiger charge is -2.17. The molecule has 0 unspecified atom stereocenters. The van der Waals surface area contributed by atoms with E-state index in [1.165, 1.54) is 6.92 Å². The Kier molecular flexibility index (Phi) is 5.45. The average molecular weight is 406 g/mol. The van der Waals surface area contributed by atoms with Gasteiger partial charge in [0.15, 0.2) is 15.7 Å². The van der Waals surface area contributed by atoms with E-state index in [4.69, 9.17) is 0 Å². The summed E-state index contributed by atoms with van der Waals surface area (Å²) < 4.78 is 76.3. The molecule has 2 rings (SSSR count). The molecule has 1 amide bonds. The van der Waals surface area contributed by atoms with Gasteiger partial charge in [-0.25, -0.2) is 22.3 Å². The lowest BCUT2D eigenvalue weighted by molar-refractivity contribution is -0.593. The van der Waals surface area contributed by atoms with Crippen LogP contribution in [0, 0.1) is 11.0 Å². The summed E-state index contributed by atoms with van der Waals surface area (Å²) in [5.74, 6) is -2.76. The van der Waals surface area contributed by atoms with Crippen LogP contribution in [0.15, 0.2) is 41.4 Å². The number of amides is 1. The number of rotatable bonds is 4. The minimum atomic E-state index is -4.81. The minimum absolute atomic E-state index is 0.0469. The van der Waals surface area contributed by atoms with E-state index in [9.17, 15) is 36.0 Å². The van der Waals surface area contributed by atoms with E-state index in [2.05, 4.69) is 0 Å². The fourth-order valence-electron chi connectivity index (χ4n) is 2.28. The molecule has 11 heteroatoms. The highest BCUT2D eigenvalue weighted by Crippen LogP contribution is 2.32. The first-order valence-corrected chi connectivity index (χ1v) is 9.14. The van der Waals surface area contributed by atoms with Crippen molar-refractivity contribution in [1.82, 2.24) is 0 Å². The van der Waals surface area contributed by atoms with Crippen molar-refractivity contribution in [3.05, 3.63) is 58.7 Å². The molecule has 0 saturated heterocycles. The number of pyridine rings is 1. The minimum Gasteiger partial charge on any atom is -0.711 e. The molecule has 0 atom stereocenters. The lowest BCUT2D eigenvalue weighted by Crippen LogP contribution is -2.40. The Morgan fingerprint density at radius 2 is 1.85 bits per heavy atom. The zero-order valence-electron chi connectivity index (χ0n) is 14.1. The van der Waals surface area contributed by atoms with Crippen LogP contribution in [-0.4, -0.2) is 27.1 Å². The molecule has 0 fully saturated rings. The van der Waals surface area contributed by atoms with Crippen LogP contribution in [-0.2, 0) is 16.0 Å². The third kappa shape index (κ3) is 4.18. The van der Waals surface area contributed by atoms with Gasteiger partial charge in [0.2, 0.25) is 0 Å². The summed E-state index contributed by atoms with van der Waals surface area (Å²) in [7, 11) is -3.07. The summed E-state index contributed by atoms with van der Waals surface area (Å²) in [4.78, 5) is 12.6. The number of alkyl halides is 3. The van der Waals surface area contributed by atoms with E-state index in [0.29, 0.717) is 18.3 Å². The summed E-state index contributed by atoms with van der Waals surface area (Å²) in [6.07, 6.45) is -4.25. The van der Waals surface area contributed by atoms with Gasteiger partial charge in [0.05, 0.1) is 28.8 Å². The lowest BCUT2D eigenvalue weighted by atomic mass is 10.1. The van der Waals surface area contributed by atoms with Crippen molar-refractivity contribution in [2.45, 2.75) is 18.0 Å².